The van der Waals surface area contributed by atoms with E-state index < -0.39 is 24.0 Å². The highest BCUT2D eigenvalue weighted by Crippen LogP contribution is 2.06. The maximum Gasteiger partial charge on any atom is 0.320 e. The zero-order valence-corrected chi connectivity index (χ0v) is 8.40. The lowest BCUT2D eigenvalue weighted by atomic mass is 10.1. The van der Waals surface area contributed by atoms with Crippen molar-refractivity contribution in [2.45, 2.75) is 31.3 Å². The van der Waals surface area contributed by atoms with Crippen LogP contribution in [0, 0.1) is 0 Å². The Bertz CT molecular complexity index is 220. The van der Waals surface area contributed by atoms with E-state index in [1.165, 1.54) is 0 Å². The third kappa shape index (κ3) is 3.85. The molecule has 0 amide bonds. The number of carbonyl (C=O) groups is 2. The van der Waals surface area contributed by atoms with Gasteiger partial charge in [-0.25, -0.2) is 0 Å². The number of nitrogens with one attached hydrogen (secondary N) is 2. The number of aliphatic carboxylic acids is 2. The normalized spacial score (nSPS) is 28.5. The molecule has 0 unspecified atom stereocenters. The Morgan fingerprint density at radius 3 is 1.67 bits per heavy atom. The number of rotatable bonds is 2. The van der Waals surface area contributed by atoms with Crippen LogP contribution < -0.4 is 10.6 Å². The molecule has 0 bridgehead atoms. The molecule has 1 saturated heterocycles. The zero-order chi connectivity index (χ0) is 11.3. The number of hydrogen-bond acceptors (Lipinski definition) is 4. The van der Waals surface area contributed by atoms with E-state index >= 15 is 0 Å². The third-order valence-electron chi connectivity index (χ3n) is 2.49. The Morgan fingerprint density at radius 1 is 0.933 bits per heavy atom. The molecule has 6 nitrogen and oxygen atoms in total. The summed E-state index contributed by atoms with van der Waals surface area (Å²) in [4.78, 5) is 21.5. The van der Waals surface area contributed by atoms with E-state index in [1.54, 1.807) is 0 Å². The minimum atomic E-state index is -0.872. The Balaban J connectivity index is 2.48. The number of hydrogen-bond donors (Lipinski definition) is 4. The minimum Gasteiger partial charge on any atom is -0.480 e. The van der Waals surface area contributed by atoms with Gasteiger partial charge >= 0.3 is 11.9 Å². The van der Waals surface area contributed by atoms with Gasteiger partial charge in [0.05, 0.1) is 0 Å². The van der Waals surface area contributed by atoms with Crippen LogP contribution in [-0.2, 0) is 9.59 Å². The molecule has 2 atom stereocenters. The fourth-order valence-electron chi connectivity index (χ4n) is 1.64. The zero-order valence-electron chi connectivity index (χ0n) is 8.40. The molecule has 0 aromatic heterocycles. The van der Waals surface area contributed by atoms with Crippen LogP contribution in [0.5, 0.6) is 0 Å². The first-order valence-electron chi connectivity index (χ1n) is 5.03. The molecule has 1 rings (SSSR count). The monoisotopic (exact) mass is 216 g/mol. The topological polar surface area (TPSA) is 98.7 Å². The van der Waals surface area contributed by atoms with Crippen molar-refractivity contribution < 1.29 is 19.8 Å². The van der Waals surface area contributed by atoms with Crippen molar-refractivity contribution in [1.29, 1.82) is 0 Å². The van der Waals surface area contributed by atoms with Gasteiger partial charge in [0.2, 0.25) is 0 Å². The number of carboxylic acid groups (broad SMARTS) is 2. The van der Waals surface area contributed by atoms with Crippen molar-refractivity contribution in [2.75, 3.05) is 13.1 Å². The first-order chi connectivity index (χ1) is 7.11. The summed E-state index contributed by atoms with van der Waals surface area (Å²) in [6, 6.07) is -1.11. The SMILES string of the molecule is O=C(O)[C@@H]1CCC[C@@H](C(=O)O)NCCN1. The molecule has 0 spiro atoms. The van der Waals surface area contributed by atoms with Crippen LogP contribution in [-0.4, -0.2) is 47.3 Å². The van der Waals surface area contributed by atoms with Gasteiger partial charge in [-0.2, -0.15) is 0 Å². The lowest BCUT2D eigenvalue weighted by Gasteiger charge is -2.11. The molecule has 15 heavy (non-hydrogen) atoms. The molecule has 86 valence electrons. The molecule has 0 aliphatic carbocycles. The molecule has 1 aliphatic rings. The van der Waals surface area contributed by atoms with Crippen LogP contribution in [0.4, 0.5) is 0 Å². The average molecular weight is 216 g/mol. The summed E-state index contributed by atoms with van der Waals surface area (Å²) in [5.74, 6) is -1.74. The molecule has 1 fully saturated rings. The van der Waals surface area contributed by atoms with Crippen molar-refractivity contribution in [3.8, 4) is 0 Å². The predicted molar refractivity (Wildman–Crippen MR) is 52.7 cm³/mol. The van der Waals surface area contributed by atoms with Crippen LogP contribution in [0.2, 0.25) is 0 Å². The molecule has 1 aliphatic heterocycles. The fourth-order valence-corrected chi connectivity index (χ4v) is 1.64. The first-order valence-corrected chi connectivity index (χ1v) is 5.03. The highest BCUT2D eigenvalue weighted by molar-refractivity contribution is 5.74. The minimum absolute atomic E-state index is 0.473. The Hall–Kier alpha value is -1.14. The summed E-state index contributed by atoms with van der Waals surface area (Å²) in [6.45, 7) is 0.946. The third-order valence-corrected chi connectivity index (χ3v) is 2.49. The standard InChI is InChI=1S/C9H16N2O4/c12-8(13)6-2-1-3-7(9(14)15)11-5-4-10-6/h6-7,10-11H,1-5H2,(H,12,13)(H,14,15)/t6-,7-/m0/s1. The summed E-state index contributed by atoms with van der Waals surface area (Å²) in [5.41, 5.74) is 0. The molecule has 4 N–H and O–H groups in total. The van der Waals surface area contributed by atoms with E-state index in [4.69, 9.17) is 10.2 Å². The summed E-state index contributed by atoms with van der Waals surface area (Å²) >= 11 is 0. The molecular formula is C9H16N2O4. The van der Waals surface area contributed by atoms with Gasteiger partial charge < -0.3 is 20.8 Å². The Morgan fingerprint density at radius 2 is 1.33 bits per heavy atom. The van der Waals surface area contributed by atoms with E-state index in [0.717, 1.165) is 0 Å². The predicted octanol–water partition coefficient (Wildman–Crippen LogP) is -0.744. The second kappa shape index (κ2) is 5.67. The van der Waals surface area contributed by atoms with Crippen molar-refractivity contribution in [3.63, 3.8) is 0 Å². The second-order valence-corrected chi connectivity index (χ2v) is 3.62. The van der Waals surface area contributed by atoms with Crippen molar-refractivity contribution in [1.82, 2.24) is 10.6 Å². The van der Waals surface area contributed by atoms with E-state index in [1.807, 2.05) is 0 Å². The van der Waals surface area contributed by atoms with Crippen molar-refractivity contribution in [2.24, 2.45) is 0 Å². The van der Waals surface area contributed by atoms with E-state index in [0.29, 0.717) is 32.4 Å². The molecule has 0 saturated carbocycles. The summed E-state index contributed by atoms with van der Waals surface area (Å²) in [5, 5.41) is 23.4. The van der Waals surface area contributed by atoms with Crippen LogP contribution in [0.1, 0.15) is 19.3 Å². The summed E-state index contributed by atoms with van der Waals surface area (Å²) in [6.07, 6.45) is 1.54. The largest absolute Gasteiger partial charge is 0.480 e. The molecule has 6 heteroatoms. The van der Waals surface area contributed by atoms with Crippen LogP contribution >= 0.6 is 0 Å². The highest BCUT2D eigenvalue weighted by Gasteiger charge is 2.22. The van der Waals surface area contributed by atoms with E-state index in [-0.39, 0.29) is 0 Å². The van der Waals surface area contributed by atoms with E-state index in [2.05, 4.69) is 10.6 Å². The van der Waals surface area contributed by atoms with Gasteiger partial charge in [-0.3, -0.25) is 9.59 Å². The van der Waals surface area contributed by atoms with Crippen molar-refractivity contribution >= 4 is 11.9 Å². The Labute approximate surface area is 87.7 Å². The van der Waals surface area contributed by atoms with Gasteiger partial charge in [0, 0.05) is 13.1 Å². The van der Waals surface area contributed by atoms with Gasteiger partial charge in [-0.15, -0.1) is 0 Å². The lowest BCUT2D eigenvalue weighted by molar-refractivity contribution is -0.140. The molecule has 1 heterocycles. The van der Waals surface area contributed by atoms with Gasteiger partial charge in [-0.05, 0) is 19.3 Å². The number of carboxylic acids is 2. The van der Waals surface area contributed by atoms with Gasteiger partial charge in [-0.1, -0.05) is 0 Å². The quantitative estimate of drug-likeness (QED) is 0.485. The maximum atomic E-state index is 10.7. The van der Waals surface area contributed by atoms with Gasteiger partial charge in [0.1, 0.15) is 12.1 Å². The second-order valence-electron chi connectivity index (χ2n) is 3.62. The van der Waals surface area contributed by atoms with Crippen LogP contribution in [0.3, 0.4) is 0 Å². The first kappa shape index (κ1) is 11.9. The molecule has 0 aromatic rings. The van der Waals surface area contributed by atoms with Crippen molar-refractivity contribution in [3.05, 3.63) is 0 Å². The van der Waals surface area contributed by atoms with Gasteiger partial charge in [0.25, 0.3) is 0 Å². The summed E-state index contributed by atoms with van der Waals surface area (Å²) in [7, 11) is 0. The maximum absolute atomic E-state index is 10.7. The van der Waals surface area contributed by atoms with Crippen LogP contribution in [0.25, 0.3) is 0 Å². The molecular weight excluding hydrogens is 200 g/mol. The lowest BCUT2D eigenvalue weighted by Crippen LogP contribution is -2.42. The Kier molecular flexibility index (Phi) is 4.51. The highest BCUT2D eigenvalue weighted by atomic mass is 16.4. The van der Waals surface area contributed by atoms with E-state index in [9.17, 15) is 9.59 Å². The van der Waals surface area contributed by atoms with Crippen LogP contribution in [0.15, 0.2) is 0 Å². The fraction of sp³-hybridized carbons (Fsp3) is 0.778. The average Bonchev–Trinajstić information content (AvgIpc) is 2.27. The molecule has 0 aromatic carbocycles. The van der Waals surface area contributed by atoms with Gasteiger partial charge in [0.15, 0.2) is 0 Å². The smallest absolute Gasteiger partial charge is 0.320 e. The summed E-state index contributed by atoms with van der Waals surface area (Å²) < 4.78 is 0. The molecule has 0 radical (unpaired) electrons.